The fourth-order valence-electron chi connectivity index (χ4n) is 3.49. The molecule has 0 atom stereocenters. The Morgan fingerprint density at radius 1 is 1.24 bits per heavy atom. The van der Waals surface area contributed by atoms with Crippen LogP contribution in [0.25, 0.3) is 22.2 Å². The van der Waals surface area contributed by atoms with Gasteiger partial charge < -0.3 is 25.3 Å². The van der Waals surface area contributed by atoms with Gasteiger partial charge in [-0.1, -0.05) is 0 Å². The largest absolute Gasteiger partial charge is 0.494 e. The molecule has 0 spiro atoms. The van der Waals surface area contributed by atoms with Crippen molar-refractivity contribution in [3.63, 3.8) is 0 Å². The lowest BCUT2D eigenvalue weighted by atomic mass is 10.1. The Bertz CT molecular complexity index is 1130. The van der Waals surface area contributed by atoms with Crippen molar-refractivity contribution < 1.29 is 14.3 Å². The van der Waals surface area contributed by atoms with Crippen molar-refractivity contribution in [2.75, 3.05) is 19.7 Å². The van der Waals surface area contributed by atoms with Gasteiger partial charge in [-0.3, -0.25) is 14.4 Å². The number of amides is 2. The minimum absolute atomic E-state index is 0.0545. The van der Waals surface area contributed by atoms with Crippen molar-refractivity contribution in [1.29, 1.82) is 0 Å². The minimum atomic E-state index is -0.735. The zero-order chi connectivity index (χ0) is 20.4. The normalized spacial score (nSPS) is 13.9. The highest BCUT2D eigenvalue weighted by atomic mass is 16.5. The summed E-state index contributed by atoms with van der Waals surface area (Å²) in [5.74, 6) is 0.212. The van der Waals surface area contributed by atoms with Crippen molar-refractivity contribution in [2.24, 2.45) is 5.73 Å². The van der Waals surface area contributed by atoms with Gasteiger partial charge in [0.15, 0.2) is 0 Å². The van der Waals surface area contributed by atoms with E-state index in [-0.39, 0.29) is 11.6 Å². The van der Waals surface area contributed by atoms with Crippen LogP contribution in [0.2, 0.25) is 0 Å². The highest BCUT2D eigenvalue weighted by Crippen LogP contribution is 2.25. The topological polar surface area (TPSA) is 121 Å². The average molecular weight is 393 g/mol. The number of likely N-dealkylation sites (tertiary alicyclic amines) is 1. The van der Waals surface area contributed by atoms with Crippen LogP contribution in [0, 0.1) is 6.07 Å². The molecule has 149 valence electrons. The Hall–Kier alpha value is -3.55. The third-order valence-electron chi connectivity index (χ3n) is 4.99. The number of primary amides is 1. The van der Waals surface area contributed by atoms with E-state index >= 15 is 0 Å². The SMILES string of the molecule is NC(=O)c1[c]cc(-c2cc3cc(OCCCN4CCCC4=O)ccc3[nH]2)c(=O)[nH]1. The van der Waals surface area contributed by atoms with Crippen molar-refractivity contribution in [1.82, 2.24) is 14.9 Å². The monoisotopic (exact) mass is 393 g/mol. The van der Waals surface area contributed by atoms with Gasteiger partial charge in [-0.05, 0) is 43.2 Å². The van der Waals surface area contributed by atoms with E-state index in [9.17, 15) is 14.4 Å². The van der Waals surface area contributed by atoms with Gasteiger partial charge >= 0.3 is 0 Å². The Kier molecular flexibility index (Phi) is 5.07. The molecule has 8 heteroatoms. The fraction of sp³-hybridized carbons (Fsp3) is 0.286. The van der Waals surface area contributed by atoms with Crippen LogP contribution in [0.4, 0.5) is 0 Å². The lowest BCUT2D eigenvalue weighted by molar-refractivity contribution is -0.127. The van der Waals surface area contributed by atoms with Crippen LogP contribution in [0.5, 0.6) is 5.75 Å². The second kappa shape index (κ2) is 7.83. The number of benzene rings is 1. The number of nitrogens with two attached hydrogens (primary N) is 1. The predicted molar refractivity (Wildman–Crippen MR) is 108 cm³/mol. The number of rotatable bonds is 7. The maximum Gasteiger partial charge on any atom is 0.265 e. The number of aromatic nitrogens is 2. The molecule has 0 saturated carbocycles. The van der Waals surface area contributed by atoms with Crippen LogP contribution in [-0.2, 0) is 4.79 Å². The first-order valence-corrected chi connectivity index (χ1v) is 9.50. The highest BCUT2D eigenvalue weighted by molar-refractivity contribution is 5.91. The number of hydrogen-bond donors (Lipinski definition) is 3. The molecule has 1 saturated heterocycles. The molecule has 1 aromatic carbocycles. The van der Waals surface area contributed by atoms with Gasteiger partial charge in [-0.15, -0.1) is 0 Å². The zero-order valence-electron chi connectivity index (χ0n) is 15.8. The summed E-state index contributed by atoms with van der Waals surface area (Å²) in [5.41, 5.74) is 6.52. The molecule has 3 heterocycles. The average Bonchev–Trinajstić information content (AvgIpc) is 3.30. The number of carbonyl (C=O) groups excluding carboxylic acids is 2. The standard InChI is InChI=1S/C21H21N4O4/c22-20(27)17-7-5-15(21(28)24-17)18-12-13-11-14(4-6-16(13)23-18)29-10-2-9-25-8-1-3-19(25)26/h4-6,11-12,23H,1-3,8-10H2,(H2,22,27)(H,24,28). The second-order valence-electron chi connectivity index (χ2n) is 7.01. The van der Waals surface area contributed by atoms with E-state index in [1.807, 2.05) is 29.2 Å². The van der Waals surface area contributed by atoms with E-state index in [1.54, 1.807) is 0 Å². The maximum atomic E-state index is 12.2. The molecule has 0 aliphatic carbocycles. The molecule has 4 rings (SSSR count). The van der Waals surface area contributed by atoms with Gasteiger partial charge in [-0.2, -0.15) is 0 Å². The van der Waals surface area contributed by atoms with Crippen molar-refractivity contribution in [3.8, 4) is 17.0 Å². The Balaban J connectivity index is 1.44. The highest BCUT2D eigenvalue weighted by Gasteiger charge is 2.19. The number of ether oxygens (including phenoxy) is 1. The summed E-state index contributed by atoms with van der Waals surface area (Å²) in [6.45, 7) is 2.08. The summed E-state index contributed by atoms with van der Waals surface area (Å²) < 4.78 is 5.81. The van der Waals surface area contributed by atoms with Gasteiger partial charge in [0.05, 0.1) is 17.9 Å². The zero-order valence-corrected chi connectivity index (χ0v) is 15.8. The van der Waals surface area contributed by atoms with E-state index in [2.05, 4.69) is 16.0 Å². The molecule has 1 aliphatic heterocycles. The number of pyridine rings is 1. The third kappa shape index (κ3) is 4.01. The van der Waals surface area contributed by atoms with Crippen LogP contribution in [0.1, 0.15) is 29.8 Å². The number of nitrogens with zero attached hydrogens (tertiary/aromatic N) is 1. The Morgan fingerprint density at radius 3 is 2.83 bits per heavy atom. The summed E-state index contributed by atoms with van der Waals surface area (Å²) >= 11 is 0. The molecule has 4 N–H and O–H groups in total. The van der Waals surface area contributed by atoms with Crippen molar-refractivity contribution >= 4 is 22.7 Å². The van der Waals surface area contributed by atoms with Gasteiger partial charge in [0, 0.05) is 36.5 Å². The predicted octanol–water partition coefficient (Wildman–Crippen LogP) is 1.81. The van der Waals surface area contributed by atoms with Crippen LogP contribution >= 0.6 is 0 Å². The number of hydrogen-bond acceptors (Lipinski definition) is 4. The second-order valence-corrected chi connectivity index (χ2v) is 7.01. The lowest BCUT2D eigenvalue weighted by Crippen LogP contribution is -2.26. The number of carbonyl (C=O) groups is 2. The number of H-pyrrole nitrogens is 2. The molecule has 2 amide bonds. The molecule has 1 radical (unpaired) electrons. The molecule has 2 aromatic heterocycles. The number of nitrogens with one attached hydrogen (secondary N) is 2. The van der Waals surface area contributed by atoms with E-state index in [1.165, 1.54) is 6.07 Å². The third-order valence-corrected chi connectivity index (χ3v) is 4.99. The van der Waals surface area contributed by atoms with Crippen LogP contribution in [0.3, 0.4) is 0 Å². The van der Waals surface area contributed by atoms with Gasteiger partial charge in [0.25, 0.3) is 11.5 Å². The first-order chi connectivity index (χ1) is 14.0. The first-order valence-electron chi connectivity index (χ1n) is 9.50. The van der Waals surface area contributed by atoms with E-state index < -0.39 is 11.5 Å². The van der Waals surface area contributed by atoms with E-state index in [0.717, 1.165) is 42.6 Å². The summed E-state index contributed by atoms with van der Waals surface area (Å²) in [5, 5.41) is 0.894. The van der Waals surface area contributed by atoms with Gasteiger partial charge in [-0.25, -0.2) is 0 Å². The van der Waals surface area contributed by atoms with Crippen LogP contribution in [-0.4, -0.2) is 46.4 Å². The molecule has 0 bridgehead atoms. The van der Waals surface area contributed by atoms with Gasteiger partial charge in [0.1, 0.15) is 11.4 Å². The van der Waals surface area contributed by atoms with Gasteiger partial charge in [0.2, 0.25) is 5.91 Å². The summed E-state index contributed by atoms with van der Waals surface area (Å²) in [6, 6.07) is 11.6. The van der Waals surface area contributed by atoms with Crippen molar-refractivity contribution in [2.45, 2.75) is 19.3 Å². The molecule has 3 aromatic rings. The fourth-order valence-corrected chi connectivity index (χ4v) is 3.49. The molecule has 0 unspecified atom stereocenters. The molecule has 29 heavy (non-hydrogen) atoms. The lowest BCUT2D eigenvalue weighted by Gasteiger charge is -2.15. The molecule has 8 nitrogen and oxygen atoms in total. The summed E-state index contributed by atoms with van der Waals surface area (Å²) in [4.78, 5) is 42.5. The molecular formula is C21H21N4O4. The van der Waals surface area contributed by atoms with E-state index in [0.29, 0.717) is 24.3 Å². The Morgan fingerprint density at radius 2 is 2.10 bits per heavy atom. The summed E-state index contributed by atoms with van der Waals surface area (Å²) in [7, 11) is 0. The molecular weight excluding hydrogens is 372 g/mol. The Labute approximate surface area is 166 Å². The quantitative estimate of drug-likeness (QED) is 0.530. The maximum absolute atomic E-state index is 12.2. The first kappa shape index (κ1) is 18.8. The smallest absolute Gasteiger partial charge is 0.265 e. The molecule has 1 aliphatic rings. The number of fused-ring (bicyclic) bond motifs is 1. The summed E-state index contributed by atoms with van der Waals surface area (Å²) in [6.07, 6.45) is 2.37. The number of aromatic amines is 2. The van der Waals surface area contributed by atoms with Crippen molar-refractivity contribution in [3.05, 3.63) is 52.4 Å². The minimum Gasteiger partial charge on any atom is -0.494 e. The van der Waals surface area contributed by atoms with E-state index in [4.69, 9.17) is 10.5 Å². The van der Waals surface area contributed by atoms with Crippen LogP contribution in [0.15, 0.2) is 35.1 Å². The molecule has 1 fully saturated rings. The van der Waals surface area contributed by atoms with Crippen LogP contribution < -0.4 is 16.0 Å².